The number of fused-ring (bicyclic) bond motifs is 2. The standard InChI is InChI=1S/C28H31ClN2O.ClH.H2O/c29-25-14-12-24(13-15-25)28(32)16-20-30(21-17-28)18-5-19-31-26-8-3-1-6-22(26)10-11-23-7-2-4-9-27(23)31;;/h1-4,6-9,12-15,32H,5,10-11,16-21H2;1H;1H2. The zero-order valence-corrected chi connectivity index (χ0v) is 21.0. The number of hydrogen-bond acceptors (Lipinski definition) is 3. The van der Waals surface area contributed by atoms with Gasteiger partial charge < -0.3 is 20.4 Å². The maximum Gasteiger partial charge on any atom is 0.0920 e. The van der Waals surface area contributed by atoms with Crippen LogP contribution in [0.4, 0.5) is 11.4 Å². The Kier molecular flexibility index (Phi) is 9.02. The van der Waals surface area contributed by atoms with Crippen LogP contribution in [-0.4, -0.2) is 41.7 Å². The van der Waals surface area contributed by atoms with Crippen molar-refractivity contribution in [2.75, 3.05) is 31.1 Å². The van der Waals surface area contributed by atoms with E-state index in [1.165, 1.54) is 22.5 Å². The van der Waals surface area contributed by atoms with E-state index in [1.807, 2.05) is 24.3 Å². The zero-order chi connectivity index (χ0) is 22.0. The van der Waals surface area contributed by atoms with Crippen molar-refractivity contribution in [2.24, 2.45) is 0 Å². The fraction of sp³-hybridized carbons (Fsp3) is 0.357. The van der Waals surface area contributed by atoms with E-state index in [-0.39, 0.29) is 17.9 Å². The predicted molar refractivity (Wildman–Crippen MR) is 144 cm³/mol. The van der Waals surface area contributed by atoms with Crippen molar-refractivity contribution in [1.29, 1.82) is 0 Å². The summed E-state index contributed by atoms with van der Waals surface area (Å²) in [5, 5.41) is 11.9. The molecule has 0 unspecified atom stereocenters. The molecule has 1 fully saturated rings. The molecule has 6 heteroatoms. The minimum atomic E-state index is -0.732. The summed E-state index contributed by atoms with van der Waals surface area (Å²) >= 11 is 6.02. The molecule has 0 aliphatic carbocycles. The SMILES string of the molecule is Cl.O.OC1(c2ccc(Cl)cc2)CCN(CCCN2c3ccccc3CCc3ccccc32)CC1. The van der Waals surface area contributed by atoms with E-state index >= 15 is 0 Å². The van der Waals surface area contributed by atoms with Crippen LogP contribution >= 0.6 is 24.0 Å². The van der Waals surface area contributed by atoms with Gasteiger partial charge in [-0.2, -0.15) is 0 Å². The van der Waals surface area contributed by atoms with Gasteiger partial charge in [-0.05, 0) is 79.6 Å². The van der Waals surface area contributed by atoms with Crippen LogP contribution in [0.2, 0.25) is 5.02 Å². The van der Waals surface area contributed by atoms with E-state index in [0.29, 0.717) is 5.02 Å². The summed E-state index contributed by atoms with van der Waals surface area (Å²) in [6, 6.07) is 25.4. The lowest BCUT2D eigenvalue weighted by molar-refractivity contribution is -0.0258. The normalized spacial score (nSPS) is 16.9. The molecule has 4 nitrogen and oxygen atoms in total. The number of aliphatic hydroxyl groups is 1. The lowest BCUT2D eigenvalue weighted by Crippen LogP contribution is -2.43. The van der Waals surface area contributed by atoms with Crippen molar-refractivity contribution in [1.82, 2.24) is 4.90 Å². The second-order valence-corrected chi connectivity index (χ2v) is 9.58. The first-order valence-electron chi connectivity index (χ1n) is 11.8. The zero-order valence-electron chi connectivity index (χ0n) is 19.4. The molecule has 3 aromatic carbocycles. The highest BCUT2D eigenvalue weighted by Gasteiger charge is 2.33. The minimum Gasteiger partial charge on any atom is -0.412 e. The van der Waals surface area contributed by atoms with Gasteiger partial charge in [0.1, 0.15) is 0 Å². The van der Waals surface area contributed by atoms with Crippen LogP contribution in [0.5, 0.6) is 0 Å². The van der Waals surface area contributed by atoms with Crippen molar-refractivity contribution in [3.63, 3.8) is 0 Å². The van der Waals surface area contributed by atoms with Gasteiger partial charge in [0.2, 0.25) is 0 Å². The van der Waals surface area contributed by atoms with E-state index in [4.69, 9.17) is 11.6 Å². The topological polar surface area (TPSA) is 58.2 Å². The van der Waals surface area contributed by atoms with Crippen molar-refractivity contribution in [3.05, 3.63) is 94.5 Å². The fourth-order valence-electron chi connectivity index (χ4n) is 5.26. The number of aryl methyl sites for hydroxylation is 2. The third kappa shape index (κ3) is 5.59. The highest BCUT2D eigenvalue weighted by Crippen LogP contribution is 2.36. The summed E-state index contributed by atoms with van der Waals surface area (Å²) in [6.45, 7) is 3.90. The largest absolute Gasteiger partial charge is 0.412 e. The molecule has 3 N–H and O–H groups in total. The second-order valence-electron chi connectivity index (χ2n) is 9.14. The highest BCUT2D eigenvalue weighted by molar-refractivity contribution is 6.30. The van der Waals surface area contributed by atoms with Crippen LogP contribution in [0.15, 0.2) is 72.8 Å². The second kappa shape index (κ2) is 11.6. The summed E-state index contributed by atoms with van der Waals surface area (Å²) in [5.41, 5.74) is 5.84. The van der Waals surface area contributed by atoms with E-state index in [1.54, 1.807) is 0 Å². The lowest BCUT2D eigenvalue weighted by atomic mass is 9.84. The lowest BCUT2D eigenvalue weighted by Gasteiger charge is -2.39. The molecule has 2 aliphatic rings. The third-order valence-corrected chi connectivity index (χ3v) is 7.40. The van der Waals surface area contributed by atoms with Gasteiger partial charge in [0.25, 0.3) is 0 Å². The highest BCUT2D eigenvalue weighted by atomic mass is 35.5. The van der Waals surface area contributed by atoms with E-state index in [9.17, 15) is 5.11 Å². The Balaban J connectivity index is 0.00000162. The Hall–Kier alpha value is -2.08. The van der Waals surface area contributed by atoms with E-state index in [2.05, 4.69) is 58.3 Å². The van der Waals surface area contributed by atoms with E-state index < -0.39 is 5.60 Å². The molecular formula is C28H34Cl2N2O2. The number of likely N-dealkylation sites (tertiary alicyclic amines) is 1. The molecule has 34 heavy (non-hydrogen) atoms. The molecule has 0 radical (unpaired) electrons. The maximum atomic E-state index is 11.2. The van der Waals surface area contributed by atoms with Crippen molar-refractivity contribution >= 4 is 35.4 Å². The summed E-state index contributed by atoms with van der Waals surface area (Å²) in [4.78, 5) is 5.02. The Bertz CT molecular complexity index is 1020. The minimum absolute atomic E-state index is 0. The van der Waals surface area contributed by atoms with Crippen LogP contribution < -0.4 is 4.90 Å². The first-order chi connectivity index (χ1) is 15.6. The average Bonchev–Trinajstić information content (AvgIpc) is 2.98. The molecule has 0 atom stereocenters. The number of rotatable bonds is 5. The summed E-state index contributed by atoms with van der Waals surface area (Å²) < 4.78 is 0. The van der Waals surface area contributed by atoms with Gasteiger partial charge in [-0.3, -0.25) is 0 Å². The van der Waals surface area contributed by atoms with Crippen LogP contribution in [0.25, 0.3) is 0 Å². The number of benzene rings is 3. The molecule has 3 aromatic rings. The molecule has 0 amide bonds. The molecule has 1 saturated heterocycles. The summed E-state index contributed by atoms with van der Waals surface area (Å²) in [7, 11) is 0. The molecule has 0 spiro atoms. The molecule has 2 heterocycles. The Morgan fingerprint density at radius 1 is 0.765 bits per heavy atom. The Morgan fingerprint density at radius 2 is 1.29 bits per heavy atom. The van der Waals surface area contributed by atoms with Gasteiger partial charge in [0, 0.05) is 36.0 Å². The Morgan fingerprint density at radius 3 is 1.85 bits per heavy atom. The smallest absolute Gasteiger partial charge is 0.0920 e. The molecule has 0 aromatic heterocycles. The third-order valence-electron chi connectivity index (χ3n) is 7.15. The number of hydrogen-bond donors (Lipinski definition) is 1. The van der Waals surface area contributed by atoms with E-state index in [0.717, 1.165) is 63.8 Å². The first kappa shape index (κ1) is 26.5. The van der Waals surface area contributed by atoms with Gasteiger partial charge in [-0.1, -0.05) is 60.1 Å². The van der Waals surface area contributed by atoms with Crippen molar-refractivity contribution in [3.8, 4) is 0 Å². The number of anilines is 2. The number of para-hydroxylation sites is 2. The fourth-order valence-corrected chi connectivity index (χ4v) is 5.38. The van der Waals surface area contributed by atoms with Crippen LogP contribution in [0, 0.1) is 0 Å². The maximum absolute atomic E-state index is 11.2. The van der Waals surface area contributed by atoms with Gasteiger partial charge >= 0.3 is 0 Å². The molecule has 2 aliphatic heterocycles. The van der Waals surface area contributed by atoms with Crippen molar-refractivity contribution in [2.45, 2.75) is 37.7 Å². The molecule has 5 rings (SSSR count). The number of nitrogens with zero attached hydrogens (tertiary/aromatic N) is 2. The molecule has 0 saturated carbocycles. The van der Waals surface area contributed by atoms with Gasteiger partial charge in [-0.25, -0.2) is 0 Å². The van der Waals surface area contributed by atoms with Crippen LogP contribution in [-0.2, 0) is 18.4 Å². The predicted octanol–water partition coefficient (Wildman–Crippen LogP) is 5.55. The number of halogens is 2. The van der Waals surface area contributed by atoms with Gasteiger partial charge in [-0.15, -0.1) is 12.4 Å². The average molecular weight is 501 g/mol. The summed E-state index contributed by atoms with van der Waals surface area (Å²) in [5.74, 6) is 0. The van der Waals surface area contributed by atoms with Crippen molar-refractivity contribution < 1.29 is 10.6 Å². The first-order valence-corrected chi connectivity index (χ1v) is 12.1. The molecule has 182 valence electrons. The molecular weight excluding hydrogens is 467 g/mol. The van der Waals surface area contributed by atoms with Crippen LogP contribution in [0.3, 0.4) is 0 Å². The summed E-state index contributed by atoms with van der Waals surface area (Å²) in [6.07, 6.45) is 4.83. The Labute approximate surface area is 213 Å². The number of piperidine rings is 1. The molecule has 0 bridgehead atoms. The van der Waals surface area contributed by atoms with Crippen LogP contribution in [0.1, 0.15) is 36.0 Å². The monoisotopic (exact) mass is 500 g/mol. The quantitative estimate of drug-likeness (QED) is 0.499. The van der Waals surface area contributed by atoms with Gasteiger partial charge in [0.05, 0.1) is 5.60 Å². The van der Waals surface area contributed by atoms with Gasteiger partial charge in [0.15, 0.2) is 0 Å².